The molecule has 0 spiro atoms. The highest BCUT2D eigenvalue weighted by molar-refractivity contribution is 6.30. The third-order valence-corrected chi connectivity index (χ3v) is 5.42. The summed E-state index contributed by atoms with van der Waals surface area (Å²) in [5, 5.41) is 3.69. The fraction of sp³-hybridized carbons (Fsp3) is 0.136. The SMILES string of the molecule is CCC(Nc1ncnc2[nH]cnc12)c1nc2cccc(F)c2c(=O)n1-c1cccc(Cl)c1. The molecule has 0 amide bonds. The van der Waals surface area contributed by atoms with Crippen LogP contribution >= 0.6 is 11.6 Å². The number of H-pyrrole nitrogens is 1. The Morgan fingerprint density at radius 1 is 1.19 bits per heavy atom. The molecule has 160 valence electrons. The second kappa shape index (κ2) is 8.01. The number of anilines is 1. The van der Waals surface area contributed by atoms with Crippen LogP contribution in [0.25, 0.3) is 27.8 Å². The first kappa shape index (κ1) is 20.1. The first-order valence-corrected chi connectivity index (χ1v) is 10.3. The van der Waals surface area contributed by atoms with Gasteiger partial charge in [0.05, 0.1) is 23.6 Å². The van der Waals surface area contributed by atoms with Crippen molar-refractivity contribution < 1.29 is 4.39 Å². The van der Waals surface area contributed by atoms with Gasteiger partial charge >= 0.3 is 0 Å². The maximum atomic E-state index is 14.6. The fourth-order valence-corrected chi connectivity index (χ4v) is 3.87. The van der Waals surface area contributed by atoms with Crippen LogP contribution in [0, 0.1) is 5.82 Å². The van der Waals surface area contributed by atoms with Crippen LogP contribution in [-0.4, -0.2) is 29.5 Å². The Bertz CT molecular complexity index is 1510. The highest BCUT2D eigenvalue weighted by Crippen LogP contribution is 2.27. The highest BCUT2D eigenvalue weighted by atomic mass is 35.5. The Morgan fingerprint density at radius 3 is 2.84 bits per heavy atom. The molecule has 0 aliphatic carbocycles. The number of aromatic nitrogens is 6. The Hall–Kier alpha value is -3.85. The smallest absolute Gasteiger partial charge is 0.269 e. The van der Waals surface area contributed by atoms with E-state index in [1.54, 1.807) is 30.3 Å². The molecule has 0 radical (unpaired) electrons. The Kier molecular flexibility index (Phi) is 5.02. The Labute approximate surface area is 186 Å². The van der Waals surface area contributed by atoms with Crippen LogP contribution < -0.4 is 10.9 Å². The van der Waals surface area contributed by atoms with Crippen molar-refractivity contribution in [3.63, 3.8) is 0 Å². The minimum Gasteiger partial charge on any atom is -0.358 e. The number of nitrogens with one attached hydrogen (secondary N) is 2. The van der Waals surface area contributed by atoms with Crippen molar-refractivity contribution in [1.29, 1.82) is 0 Å². The van der Waals surface area contributed by atoms with E-state index in [9.17, 15) is 9.18 Å². The van der Waals surface area contributed by atoms with Crippen molar-refractivity contribution in [2.75, 3.05) is 5.32 Å². The molecule has 8 nitrogen and oxygen atoms in total. The number of hydrogen-bond acceptors (Lipinski definition) is 6. The van der Waals surface area contributed by atoms with Gasteiger partial charge in [-0.05, 0) is 36.8 Å². The molecule has 10 heteroatoms. The van der Waals surface area contributed by atoms with E-state index in [0.29, 0.717) is 39.9 Å². The minimum absolute atomic E-state index is 0.0807. The van der Waals surface area contributed by atoms with E-state index < -0.39 is 17.4 Å². The van der Waals surface area contributed by atoms with E-state index in [2.05, 4.69) is 30.2 Å². The highest BCUT2D eigenvalue weighted by Gasteiger charge is 2.23. The van der Waals surface area contributed by atoms with Gasteiger partial charge in [0.2, 0.25) is 0 Å². The first-order chi connectivity index (χ1) is 15.6. The number of imidazole rings is 1. The van der Waals surface area contributed by atoms with E-state index in [4.69, 9.17) is 11.6 Å². The maximum absolute atomic E-state index is 14.6. The van der Waals surface area contributed by atoms with Crippen LogP contribution in [-0.2, 0) is 0 Å². The molecule has 0 bridgehead atoms. The molecule has 3 aromatic heterocycles. The van der Waals surface area contributed by atoms with Gasteiger partial charge in [0.1, 0.15) is 28.9 Å². The van der Waals surface area contributed by atoms with Gasteiger partial charge in [-0.2, -0.15) is 0 Å². The lowest BCUT2D eigenvalue weighted by atomic mass is 10.1. The standard InChI is InChI=1S/C22H17ClFN7O/c1-2-15(29-20-18-19(26-10-25-18)27-11-28-20)21-30-16-8-4-7-14(24)17(16)22(32)31(21)13-6-3-5-12(23)9-13/h3-11,15H,2H2,1H3,(H2,25,26,27,28,29). The average molecular weight is 450 g/mol. The Balaban J connectivity index is 1.75. The molecule has 1 unspecified atom stereocenters. The number of aromatic amines is 1. The van der Waals surface area contributed by atoms with Crippen molar-refractivity contribution in [1.82, 2.24) is 29.5 Å². The van der Waals surface area contributed by atoms with Crippen molar-refractivity contribution in [2.24, 2.45) is 0 Å². The second-order valence-electron chi connectivity index (χ2n) is 7.15. The molecule has 2 aromatic carbocycles. The number of benzene rings is 2. The molecule has 3 heterocycles. The molecule has 2 N–H and O–H groups in total. The molecular formula is C22H17ClFN7O. The number of nitrogens with zero attached hydrogens (tertiary/aromatic N) is 5. The number of rotatable bonds is 5. The van der Waals surface area contributed by atoms with Crippen molar-refractivity contribution in [3.8, 4) is 5.69 Å². The topological polar surface area (TPSA) is 101 Å². The molecule has 5 rings (SSSR count). The maximum Gasteiger partial charge on any atom is 0.269 e. The molecule has 1 atom stereocenters. The first-order valence-electron chi connectivity index (χ1n) is 9.94. The van der Waals surface area contributed by atoms with Gasteiger partial charge < -0.3 is 10.3 Å². The van der Waals surface area contributed by atoms with Gasteiger partial charge in [0, 0.05) is 5.02 Å². The molecule has 0 aliphatic rings. The molecule has 5 aromatic rings. The lowest BCUT2D eigenvalue weighted by molar-refractivity contribution is 0.630. The van der Waals surface area contributed by atoms with Crippen LogP contribution in [0.2, 0.25) is 5.02 Å². The second-order valence-corrected chi connectivity index (χ2v) is 7.59. The van der Waals surface area contributed by atoms with Crippen LogP contribution in [0.4, 0.5) is 10.2 Å². The molecular weight excluding hydrogens is 433 g/mol. The minimum atomic E-state index is -0.627. The van der Waals surface area contributed by atoms with E-state index in [0.717, 1.165) is 0 Å². The lowest BCUT2D eigenvalue weighted by Gasteiger charge is -2.22. The number of fused-ring (bicyclic) bond motifs is 2. The monoisotopic (exact) mass is 449 g/mol. The summed E-state index contributed by atoms with van der Waals surface area (Å²) in [5.74, 6) is 0.270. The summed E-state index contributed by atoms with van der Waals surface area (Å²) in [6.45, 7) is 1.95. The van der Waals surface area contributed by atoms with Gasteiger partial charge in [0.25, 0.3) is 5.56 Å². The zero-order valence-electron chi connectivity index (χ0n) is 16.9. The van der Waals surface area contributed by atoms with Crippen molar-refractivity contribution in [3.05, 3.63) is 82.1 Å². The summed E-state index contributed by atoms with van der Waals surface area (Å²) in [6.07, 6.45) is 3.51. The summed E-state index contributed by atoms with van der Waals surface area (Å²) >= 11 is 6.19. The lowest BCUT2D eigenvalue weighted by Crippen LogP contribution is -2.28. The van der Waals surface area contributed by atoms with Crippen LogP contribution in [0.3, 0.4) is 0 Å². The predicted molar refractivity (Wildman–Crippen MR) is 121 cm³/mol. The third-order valence-electron chi connectivity index (χ3n) is 5.19. The summed E-state index contributed by atoms with van der Waals surface area (Å²) < 4.78 is 16.0. The van der Waals surface area contributed by atoms with Gasteiger partial charge in [-0.15, -0.1) is 0 Å². The van der Waals surface area contributed by atoms with Crippen molar-refractivity contribution >= 4 is 39.5 Å². The summed E-state index contributed by atoms with van der Waals surface area (Å²) in [5.41, 5.74) is 1.39. The molecule has 0 aliphatic heterocycles. The van der Waals surface area contributed by atoms with Gasteiger partial charge in [-0.3, -0.25) is 9.36 Å². The summed E-state index contributed by atoms with van der Waals surface area (Å²) in [6, 6.07) is 10.8. The predicted octanol–water partition coefficient (Wildman–Crippen LogP) is 4.41. The van der Waals surface area contributed by atoms with E-state index >= 15 is 0 Å². The number of halogens is 2. The summed E-state index contributed by atoms with van der Waals surface area (Å²) in [7, 11) is 0. The molecule has 0 fully saturated rings. The average Bonchev–Trinajstić information content (AvgIpc) is 3.27. The zero-order valence-corrected chi connectivity index (χ0v) is 17.6. The molecule has 0 saturated heterocycles. The van der Waals surface area contributed by atoms with Crippen LogP contribution in [0.15, 0.2) is 59.9 Å². The van der Waals surface area contributed by atoms with E-state index in [1.165, 1.54) is 29.4 Å². The van der Waals surface area contributed by atoms with Crippen molar-refractivity contribution in [2.45, 2.75) is 19.4 Å². The summed E-state index contributed by atoms with van der Waals surface area (Å²) in [4.78, 5) is 33.9. The third kappa shape index (κ3) is 3.36. The molecule has 32 heavy (non-hydrogen) atoms. The van der Waals surface area contributed by atoms with Gasteiger partial charge in [-0.25, -0.2) is 24.3 Å². The van der Waals surface area contributed by atoms with Gasteiger partial charge in [0.15, 0.2) is 11.5 Å². The van der Waals surface area contributed by atoms with Gasteiger partial charge in [-0.1, -0.05) is 30.7 Å². The number of hydrogen-bond donors (Lipinski definition) is 2. The normalized spacial score (nSPS) is 12.3. The van der Waals surface area contributed by atoms with E-state index in [1.807, 2.05) is 6.92 Å². The molecule has 0 saturated carbocycles. The largest absolute Gasteiger partial charge is 0.358 e. The fourth-order valence-electron chi connectivity index (χ4n) is 3.69. The van der Waals surface area contributed by atoms with Crippen LogP contribution in [0.1, 0.15) is 25.2 Å². The van der Waals surface area contributed by atoms with E-state index in [-0.39, 0.29) is 10.9 Å². The quantitative estimate of drug-likeness (QED) is 0.412. The Morgan fingerprint density at radius 2 is 2.03 bits per heavy atom. The van der Waals surface area contributed by atoms with Crippen LogP contribution in [0.5, 0.6) is 0 Å². The zero-order chi connectivity index (χ0) is 22.2.